The van der Waals surface area contributed by atoms with Gasteiger partial charge in [-0.1, -0.05) is 37.3 Å². The Balaban J connectivity index is 2.14. The molecule has 0 aliphatic carbocycles. The summed E-state index contributed by atoms with van der Waals surface area (Å²) in [5.41, 5.74) is 2.12. The summed E-state index contributed by atoms with van der Waals surface area (Å²) < 4.78 is 10.7. The van der Waals surface area contributed by atoms with Gasteiger partial charge in [-0.2, -0.15) is 0 Å². The molecule has 5 nitrogen and oxygen atoms in total. The maximum Gasteiger partial charge on any atom is 0.412 e. The van der Waals surface area contributed by atoms with Crippen LogP contribution >= 0.6 is 0 Å². The predicted molar refractivity (Wildman–Crippen MR) is 94.5 cm³/mol. The topological polar surface area (TPSA) is 60.5 Å². The first-order chi connectivity index (χ1) is 11.4. The van der Waals surface area contributed by atoms with Crippen molar-refractivity contribution in [1.82, 2.24) is 4.98 Å². The first-order valence-electron chi connectivity index (χ1n) is 8.00. The lowest BCUT2D eigenvalue weighted by molar-refractivity contribution is 0.0462. The van der Waals surface area contributed by atoms with E-state index in [1.54, 1.807) is 13.3 Å². The number of hydrogen-bond donors (Lipinski definition) is 1. The zero-order chi connectivity index (χ0) is 17.6. The molecule has 1 amide bonds. The van der Waals surface area contributed by atoms with Gasteiger partial charge in [0, 0.05) is 12.0 Å². The number of ether oxygens (including phenoxy) is 2. The molecule has 1 heterocycles. The van der Waals surface area contributed by atoms with Crippen LogP contribution in [0.5, 0.6) is 5.88 Å². The van der Waals surface area contributed by atoms with Crippen LogP contribution < -0.4 is 10.1 Å². The first-order valence-corrected chi connectivity index (χ1v) is 8.00. The molecule has 2 aromatic rings. The molecular formula is C19H24N2O3. The zero-order valence-electron chi connectivity index (χ0n) is 14.6. The van der Waals surface area contributed by atoms with Crippen LogP contribution in [0.4, 0.5) is 10.5 Å². The summed E-state index contributed by atoms with van der Waals surface area (Å²) in [5, 5.41) is 2.73. The minimum Gasteiger partial charge on any atom is -0.481 e. The van der Waals surface area contributed by atoms with E-state index in [0.29, 0.717) is 18.0 Å². The number of hydrogen-bond acceptors (Lipinski definition) is 4. The Morgan fingerprint density at radius 1 is 1.25 bits per heavy atom. The number of pyridine rings is 1. The monoisotopic (exact) mass is 328 g/mol. The van der Waals surface area contributed by atoms with Gasteiger partial charge in [-0.3, -0.25) is 5.32 Å². The van der Waals surface area contributed by atoms with Gasteiger partial charge in [0.05, 0.1) is 19.0 Å². The summed E-state index contributed by atoms with van der Waals surface area (Å²) in [7, 11) is 1.59. The molecule has 0 unspecified atom stereocenters. The lowest BCUT2D eigenvalue weighted by Crippen LogP contribution is -2.29. The zero-order valence-corrected chi connectivity index (χ0v) is 14.6. The molecule has 0 saturated heterocycles. The van der Waals surface area contributed by atoms with Crippen LogP contribution in [-0.4, -0.2) is 23.8 Å². The summed E-state index contributed by atoms with van der Waals surface area (Å²) >= 11 is 0. The van der Waals surface area contributed by atoms with E-state index >= 15 is 0 Å². The fourth-order valence-corrected chi connectivity index (χ4v) is 2.16. The average molecular weight is 328 g/mol. The van der Waals surface area contributed by atoms with Crippen molar-refractivity contribution in [1.29, 1.82) is 0 Å². The normalized spacial score (nSPS) is 11.0. The molecule has 1 aromatic carbocycles. The van der Waals surface area contributed by atoms with Crippen LogP contribution in [0.2, 0.25) is 0 Å². The molecule has 5 heteroatoms. The molecular weight excluding hydrogens is 304 g/mol. The van der Waals surface area contributed by atoms with E-state index in [1.807, 2.05) is 57.2 Å². The quantitative estimate of drug-likeness (QED) is 0.853. The van der Waals surface area contributed by atoms with Gasteiger partial charge in [-0.15, -0.1) is 0 Å². The SMILES string of the molecule is CCC(C)(C)OC(=O)Nc1cnc(OC)c(Cc2ccccc2)c1. The van der Waals surface area contributed by atoms with Crippen LogP contribution in [0.25, 0.3) is 0 Å². The summed E-state index contributed by atoms with van der Waals surface area (Å²) in [6, 6.07) is 11.9. The molecule has 0 bridgehead atoms. The number of rotatable bonds is 6. The summed E-state index contributed by atoms with van der Waals surface area (Å²) in [5.74, 6) is 0.548. The molecule has 2 rings (SSSR count). The van der Waals surface area contributed by atoms with E-state index in [9.17, 15) is 4.79 Å². The average Bonchev–Trinajstić information content (AvgIpc) is 2.55. The highest BCUT2D eigenvalue weighted by Gasteiger charge is 2.20. The molecule has 0 radical (unpaired) electrons. The van der Waals surface area contributed by atoms with Crippen molar-refractivity contribution < 1.29 is 14.3 Å². The third-order valence-electron chi connectivity index (χ3n) is 3.82. The second-order valence-electron chi connectivity index (χ2n) is 6.18. The van der Waals surface area contributed by atoms with Crippen LogP contribution in [0.15, 0.2) is 42.6 Å². The summed E-state index contributed by atoms with van der Waals surface area (Å²) in [6.07, 6.45) is 2.48. The van der Waals surface area contributed by atoms with Gasteiger partial charge in [0.15, 0.2) is 0 Å². The summed E-state index contributed by atoms with van der Waals surface area (Å²) in [6.45, 7) is 5.72. The Bertz CT molecular complexity index is 684. The number of amides is 1. The maximum atomic E-state index is 12.0. The number of nitrogens with one attached hydrogen (secondary N) is 1. The number of aromatic nitrogens is 1. The second kappa shape index (κ2) is 7.81. The minimum atomic E-state index is -0.503. The van der Waals surface area contributed by atoms with Gasteiger partial charge < -0.3 is 9.47 Å². The fourth-order valence-electron chi connectivity index (χ4n) is 2.16. The molecule has 1 N–H and O–H groups in total. The van der Waals surface area contributed by atoms with Crippen molar-refractivity contribution in [3.8, 4) is 5.88 Å². The van der Waals surface area contributed by atoms with Crippen molar-refractivity contribution in [2.24, 2.45) is 0 Å². The highest BCUT2D eigenvalue weighted by molar-refractivity contribution is 5.84. The minimum absolute atomic E-state index is 0.487. The van der Waals surface area contributed by atoms with E-state index in [-0.39, 0.29) is 0 Å². The van der Waals surface area contributed by atoms with Crippen molar-refractivity contribution in [2.45, 2.75) is 39.2 Å². The van der Waals surface area contributed by atoms with Gasteiger partial charge in [-0.25, -0.2) is 9.78 Å². The number of methoxy groups -OCH3 is 1. The van der Waals surface area contributed by atoms with Gasteiger partial charge in [0.2, 0.25) is 5.88 Å². The van der Waals surface area contributed by atoms with E-state index in [1.165, 1.54) is 0 Å². The Morgan fingerprint density at radius 2 is 1.96 bits per heavy atom. The van der Waals surface area contributed by atoms with E-state index in [2.05, 4.69) is 10.3 Å². The molecule has 0 saturated carbocycles. The molecule has 0 fully saturated rings. The lowest BCUT2D eigenvalue weighted by Gasteiger charge is -2.23. The van der Waals surface area contributed by atoms with Crippen molar-refractivity contribution in [3.63, 3.8) is 0 Å². The Hall–Kier alpha value is -2.56. The Morgan fingerprint density at radius 3 is 2.58 bits per heavy atom. The summed E-state index contributed by atoms with van der Waals surface area (Å²) in [4.78, 5) is 16.3. The number of benzene rings is 1. The van der Waals surface area contributed by atoms with Gasteiger partial charge >= 0.3 is 6.09 Å². The molecule has 0 spiro atoms. The van der Waals surface area contributed by atoms with Gasteiger partial charge in [0.1, 0.15) is 5.60 Å². The van der Waals surface area contributed by atoms with E-state index < -0.39 is 11.7 Å². The number of carbonyl (C=O) groups is 1. The van der Waals surface area contributed by atoms with Crippen molar-refractivity contribution in [3.05, 3.63) is 53.7 Å². The predicted octanol–water partition coefficient (Wildman–Crippen LogP) is 4.42. The van der Waals surface area contributed by atoms with Crippen LogP contribution in [0, 0.1) is 0 Å². The standard InChI is InChI=1S/C19H24N2O3/c1-5-19(2,3)24-18(22)21-16-12-15(17(23-4)20-13-16)11-14-9-7-6-8-10-14/h6-10,12-13H,5,11H2,1-4H3,(H,21,22). The largest absolute Gasteiger partial charge is 0.481 e. The Labute approximate surface area is 143 Å². The van der Waals surface area contributed by atoms with Crippen molar-refractivity contribution in [2.75, 3.05) is 12.4 Å². The maximum absolute atomic E-state index is 12.0. The molecule has 128 valence electrons. The molecule has 0 atom stereocenters. The van der Waals surface area contributed by atoms with Crippen LogP contribution in [-0.2, 0) is 11.2 Å². The number of anilines is 1. The second-order valence-corrected chi connectivity index (χ2v) is 6.18. The fraction of sp³-hybridized carbons (Fsp3) is 0.368. The van der Waals surface area contributed by atoms with E-state index in [0.717, 1.165) is 17.5 Å². The molecule has 0 aliphatic heterocycles. The van der Waals surface area contributed by atoms with Crippen molar-refractivity contribution >= 4 is 11.8 Å². The number of carbonyl (C=O) groups excluding carboxylic acids is 1. The molecule has 24 heavy (non-hydrogen) atoms. The van der Waals surface area contributed by atoms with Gasteiger partial charge in [0.25, 0.3) is 0 Å². The van der Waals surface area contributed by atoms with E-state index in [4.69, 9.17) is 9.47 Å². The van der Waals surface area contributed by atoms with Crippen LogP contribution in [0.3, 0.4) is 0 Å². The highest BCUT2D eigenvalue weighted by Crippen LogP contribution is 2.23. The van der Waals surface area contributed by atoms with Gasteiger partial charge in [-0.05, 0) is 31.9 Å². The smallest absolute Gasteiger partial charge is 0.412 e. The first kappa shape index (κ1) is 17.8. The third-order valence-corrected chi connectivity index (χ3v) is 3.82. The highest BCUT2D eigenvalue weighted by atomic mass is 16.6. The lowest BCUT2D eigenvalue weighted by atomic mass is 10.1. The van der Waals surface area contributed by atoms with Crippen LogP contribution in [0.1, 0.15) is 38.3 Å². The molecule has 0 aliphatic rings. The third kappa shape index (κ3) is 4.98. The molecule has 1 aromatic heterocycles. The Kier molecular flexibility index (Phi) is 5.79. The number of nitrogens with zero attached hydrogens (tertiary/aromatic N) is 1.